The number of hydrogen-bond acceptors (Lipinski definition) is 3. The van der Waals surface area contributed by atoms with Crippen molar-refractivity contribution in [1.29, 1.82) is 0 Å². The number of carbonyl (C=O) groups excluding carboxylic acids is 3. The third-order valence-corrected chi connectivity index (χ3v) is 5.56. The van der Waals surface area contributed by atoms with Gasteiger partial charge in [-0.2, -0.15) is 0 Å². The molecule has 3 amide bonds. The first-order chi connectivity index (χ1) is 13.4. The molecule has 142 valence electrons. The average Bonchev–Trinajstić information content (AvgIpc) is 2.93. The van der Waals surface area contributed by atoms with Crippen molar-refractivity contribution in [3.8, 4) is 0 Å². The van der Waals surface area contributed by atoms with Crippen LogP contribution in [0.3, 0.4) is 0 Å². The smallest absolute Gasteiger partial charge is 0.255 e. The molecule has 0 aromatic heterocycles. The van der Waals surface area contributed by atoms with Gasteiger partial charge in [0.2, 0.25) is 11.8 Å². The van der Waals surface area contributed by atoms with Crippen LogP contribution in [0.2, 0.25) is 5.02 Å². The number of benzene rings is 2. The van der Waals surface area contributed by atoms with Gasteiger partial charge < -0.3 is 5.32 Å². The molecule has 0 spiro atoms. The average molecular weight is 395 g/mol. The molecule has 1 saturated heterocycles. The molecular formula is C22H19ClN2O3. The van der Waals surface area contributed by atoms with E-state index in [4.69, 9.17) is 11.6 Å². The molecule has 0 radical (unpaired) electrons. The first-order valence-corrected chi connectivity index (χ1v) is 9.52. The number of halogens is 1. The molecule has 2 aromatic rings. The molecule has 1 N–H and O–H groups in total. The lowest BCUT2D eigenvalue weighted by atomic mass is 9.82. The quantitative estimate of drug-likeness (QED) is 0.618. The number of fused-ring (bicyclic) bond motifs is 1. The van der Waals surface area contributed by atoms with Gasteiger partial charge in [-0.1, -0.05) is 23.3 Å². The van der Waals surface area contributed by atoms with E-state index in [-0.39, 0.29) is 29.6 Å². The molecule has 1 aliphatic heterocycles. The Morgan fingerprint density at radius 3 is 2.32 bits per heavy atom. The second-order valence-corrected chi connectivity index (χ2v) is 7.66. The first-order valence-electron chi connectivity index (χ1n) is 9.14. The summed E-state index contributed by atoms with van der Waals surface area (Å²) in [5.74, 6) is -1.13. The predicted molar refractivity (Wildman–Crippen MR) is 108 cm³/mol. The van der Waals surface area contributed by atoms with Gasteiger partial charge in [-0.15, -0.1) is 0 Å². The number of carbonyl (C=O) groups is 3. The van der Waals surface area contributed by atoms with Crippen molar-refractivity contribution in [2.75, 3.05) is 10.2 Å². The monoisotopic (exact) mass is 394 g/mol. The molecule has 2 aliphatic rings. The zero-order valence-electron chi connectivity index (χ0n) is 15.3. The van der Waals surface area contributed by atoms with Crippen LogP contribution < -0.4 is 10.2 Å². The van der Waals surface area contributed by atoms with E-state index in [2.05, 4.69) is 5.32 Å². The molecule has 0 saturated carbocycles. The van der Waals surface area contributed by atoms with Gasteiger partial charge in [0, 0.05) is 16.3 Å². The van der Waals surface area contributed by atoms with Crippen LogP contribution in [-0.2, 0) is 9.59 Å². The fourth-order valence-electron chi connectivity index (χ4n) is 3.79. The highest BCUT2D eigenvalue weighted by atomic mass is 35.5. The minimum absolute atomic E-state index is 0.152. The Kier molecular flexibility index (Phi) is 4.77. The lowest BCUT2D eigenvalue weighted by molar-refractivity contribution is -0.122. The van der Waals surface area contributed by atoms with E-state index in [9.17, 15) is 14.4 Å². The van der Waals surface area contributed by atoms with E-state index >= 15 is 0 Å². The minimum atomic E-state index is -0.276. The number of nitrogens with zero attached hydrogens (tertiary/aromatic N) is 1. The van der Waals surface area contributed by atoms with Crippen LogP contribution >= 0.6 is 11.6 Å². The summed E-state index contributed by atoms with van der Waals surface area (Å²) in [6.07, 6.45) is 3.28. The van der Waals surface area contributed by atoms with Crippen molar-refractivity contribution in [2.24, 2.45) is 11.8 Å². The zero-order chi connectivity index (χ0) is 19.8. The normalized spacial score (nSPS) is 21.4. The Morgan fingerprint density at radius 1 is 1.00 bits per heavy atom. The van der Waals surface area contributed by atoms with Gasteiger partial charge in [-0.3, -0.25) is 19.3 Å². The van der Waals surface area contributed by atoms with Gasteiger partial charge in [0.15, 0.2) is 0 Å². The topological polar surface area (TPSA) is 66.5 Å². The summed E-state index contributed by atoms with van der Waals surface area (Å²) in [5, 5.41) is 3.38. The number of amides is 3. The van der Waals surface area contributed by atoms with E-state index < -0.39 is 0 Å². The molecular weight excluding hydrogens is 376 g/mol. The second kappa shape index (κ2) is 7.24. The Hall–Kier alpha value is -2.92. The summed E-state index contributed by atoms with van der Waals surface area (Å²) in [7, 11) is 0. The Labute approximate surface area is 168 Å². The van der Waals surface area contributed by atoms with E-state index in [0.29, 0.717) is 34.8 Å². The Bertz CT molecular complexity index is 980. The second-order valence-electron chi connectivity index (χ2n) is 7.22. The number of nitrogens with one attached hydrogen (secondary N) is 1. The summed E-state index contributed by atoms with van der Waals surface area (Å²) in [5.41, 5.74) is 2.73. The largest absolute Gasteiger partial charge is 0.322 e. The third-order valence-electron chi connectivity index (χ3n) is 5.31. The lowest BCUT2D eigenvalue weighted by Gasteiger charge is -2.18. The summed E-state index contributed by atoms with van der Waals surface area (Å²) in [6.45, 7) is 1.99. The van der Waals surface area contributed by atoms with E-state index in [1.807, 2.05) is 13.0 Å². The summed E-state index contributed by atoms with van der Waals surface area (Å²) < 4.78 is 0. The van der Waals surface area contributed by atoms with Crippen LogP contribution in [0.4, 0.5) is 11.4 Å². The van der Waals surface area contributed by atoms with Gasteiger partial charge in [0.05, 0.1) is 17.5 Å². The van der Waals surface area contributed by atoms with Gasteiger partial charge in [0.1, 0.15) is 0 Å². The van der Waals surface area contributed by atoms with Crippen molar-refractivity contribution < 1.29 is 14.4 Å². The van der Waals surface area contributed by atoms with Crippen molar-refractivity contribution in [3.05, 3.63) is 70.8 Å². The highest BCUT2D eigenvalue weighted by Gasteiger charge is 2.48. The Morgan fingerprint density at radius 2 is 1.64 bits per heavy atom. The van der Waals surface area contributed by atoms with Crippen molar-refractivity contribution >= 4 is 40.7 Å². The molecule has 0 unspecified atom stereocenters. The molecule has 4 rings (SSSR count). The lowest BCUT2D eigenvalue weighted by Crippen LogP contribution is -2.30. The number of imide groups is 1. The SMILES string of the molecule is CC1=CC[C@H]2C(=O)N(c3ccc(C(=O)Nc4ccc(Cl)cc4)cc3)C(=O)[C@@H]2C1. The molecule has 1 aliphatic carbocycles. The van der Waals surface area contributed by atoms with Crippen molar-refractivity contribution in [3.63, 3.8) is 0 Å². The van der Waals surface area contributed by atoms with Crippen LogP contribution in [0.25, 0.3) is 0 Å². The fourth-order valence-corrected chi connectivity index (χ4v) is 3.92. The van der Waals surface area contributed by atoms with Crippen LogP contribution in [0.1, 0.15) is 30.1 Å². The number of allylic oxidation sites excluding steroid dienone is 2. The summed E-state index contributed by atoms with van der Waals surface area (Å²) >= 11 is 5.85. The molecule has 1 heterocycles. The molecule has 5 nitrogen and oxygen atoms in total. The number of hydrogen-bond donors (Lipinski definition) is 1. The third kappa shape index (κ3) is 3.34. The van der Waals surface area contributed by atoms with Crippen molar-refractivity contribution in [1.82, 2.24) is 0 Å². The van der Waals surface area contributed by atoms with Crippen LogP contribution in [0.5, 0.6) is 0 Å². The van der Waals surface area contributed by atoms with E-state index in [1.54, 1.807) is 48.5 Å². The zero-order valence-corrected chi connectivity index (χ0v) is 16.1. The molecule has 1 fully saturated rings. The highest BCUT2D eigenvalue weighted by Crippen LogP contribution is 2.39. The van der Waals surface area contributed by atoms with Crippen molar-refractivity contribution in [2.45, 2.75) is 19.8 Å². The van der Waals surface area contributed by atoms with Gasteiger partial charge in [-0.25, -0.2) is 0 Å². The van der Waals surface area contributed by atoms with Gasteiger partial charge in [0.25, 0.3) is 5.91 Å². The maximum Gasteiger partial charge on any atom is 0.255 e. The molecule has 2 aromatic carbocycles. The van der Waals surface area contributed by atoms with Crippen LogP contribution in [0.15, 0.2) is 60.2 Å². The van der Waals surface area contributed by atoms with E-state index in [0.717, 1.165) is 5.57 Å². The predicted octanol–water partition coefficient (Wildman–Crippen LogP) is 4.44. The molecule has 2 atom stereocenters. The molecule has 6 heteroatoms. The maximum absolute atomic E-state index is 12.8. The molecule has 28 heavy (non-hydrogen) atoms. The maximum atomic E-state index is 12.8. The summed E-state index contributed by atoms with van der Waals surface area (Å²) in [6, 6.07) is 13.3. The Balaban J connectivity index is 1.50. The fraction of sp³-hybridized carbons (Fsp3) is 0.227. The van der Waals surface area contributed by atoms with Gasteiger partial charge >= 0.3 is 0 Å². The molecule has 0 bridgehead atoms. The first kappa shape index (κ1) is 18.4. The standard InChI is InChI=1S/C22H19ClN2O3/c1-13-2-11-18-19(12-13)22(28)25(21(18)27)17-9-3-14(4-10-17)20(26)24-16-7-5-15(23)6-8-16/h2-10,18-19H,11-12H2,1H3,(H,24,26)/t18-,19-/m1/s1. The number of anilines is 2. The minimum Gasteiger partial charge on any atom is -0.322 e. The summed E-state index contributed by atoms with van der Waals surface area (Å²) in [4.78, 5) is 39.2. The van der Waals surface area contributed by atoms with Crippen LogP contribution in [0, 0.1) is 11.8 Å². The number of rotatable bonds is 3. The van der Waals surface area contributed by atoms with E-state index in [1.165, 1.54) is 4.90 Å². The highest BCUT2D eigenvalue weighted by molar-refractivity contribution is 6.30. The van der Waals surface area contributed by atoms with Crippen LogP contribution in [-0.4, -0.2) is 17.7 Å². The van der Waals surface area contributed by atoms with Gasteiger partial charge in [-0.05, 0) is 68.3 Å².